The van der Waals surface area contributed by atoms with E-state index in [9.17, 15) is 17.6 Å². The second-order valence-corrected chi connectivity index (χ2v) is 28.7. The zero-order valence-electron chi connectivity index (χ0n) is 60.3. The predicted octanol–water partition coefficient (Wildman–Crippen LogP) is 15.3. The highest BCUT2D eigenvalue weighted by Gasteiger charge is 2.52. The maximum atomic E-state index is 14.2. The molecule has 23 nitrogen and oxygen atoms in total. The Bertz CT molecular complexity index is 6140. The lowest BCUT2D eigenvalue weighted by Crippen LogP contribution is -2.51. The van der Waals surface area contributed by atoms with Crippen molar-refractivity contribution in [2.24, 2.45) is 14.1 Å². The van der Waals surface area contributed by atoms with Gasteiger partial charge in [0.1, 0.15) is 46.3 Å². The number of nitrogens with one attached hydrogen (secondary N) is 9. The first kappa shape index (κ1) is 69.9. The third-order valence-electron chi connectivity index (χ3n) is 21.4. The number of H-pyrrole nitrogens is 6. The monoisotopic (exact) mass is 1500 g/mol. The lowest BCUT2D eigenvalue weighted by Gasteiger charge is -2.42. The van der Waals surface area contributed by atoms with Crippen molar-refractivity contribution in [1.82, 2.24) is 111 Å². The van der Waals surface area contributed by atoms with Gasteiger partial charge in [0, 0.05) is 128 Å². The number of hydrogen-bond acceptors (Lipinski definition) is 15. The minimum atomic E-state index is -1.04. The molecule has 3 aliphatic rings. The van der Waals surface area contributed by atoms with E-state index >= 15 is 0 Å². The maximum Gasteiger partial charge on any atom is 0.223 e. The van der Waals surface area contributed by atoms with Gasteiger partial charge in [0.25, 0.3) is 0 Å². The van der Waals surface area contributed by atoms with E-state index in [0.717, 1.165) is 114 Å². The number of aryl methyl sites for hydroxylation is 3. The summed E-state index contributed by atoms with van der Waals surface area (Å²) < 4.78 is 63.5. The van der Waals surface area contributed by atoms with Crippen LogP contribution in [0, 0.1) is 30.2 Å². The second kappa shape index (κ2) is 28.3. The molecule has 13 heterocycles. The molecule has 0 saturated heterocycles. The van der Waals surface area contributed by atoms with Crippen LogP contribution in [0.5, 0.6) is 0 Å². The number of aromatic nitrogens is 19. The van der Waals surface area contributed by atoms with Gasteiger partial charge in [-0.15, -0.1) is 0 Å². The molecule has 7 aromatic carbocycles. The van der Waals surface area contributed by atoms with Gasteiger partial charge in [-0.1, -0.05) is 97.2 Å². The number of halogens is 5. The van der Waals surface area contributed by atoms with Crippen LogP contribution in [0.25, 0.3) is 66.9 Å². The molecule has 17 aromatic rings. The molecule has 20 rings (SSSR count). The molecule has 0 fully saturated rings. The minimum absolute atomic E-state index is 0.172. The molecule has 0 saturated carbocycles. The summed E-state index contributed by atoms with van der Waals surface area (Å²) in [6.45, 7) is 3.93. The minimum Gasteiger partial charge on any atom is -0.356 e. The first-order valence-electron chi connectivity index (χ1n) is 36.4. The number of nitrogens with zero attached hydrogens (tertiary/aromatic N) is 13. The predicted molar refractivity (Wildman–Crippen MR) is 410 cm³/mol. The second-order valence-electron chi connectivity index (χ2n) is 28.3. The molecule has 0 spiro atoms. The molecule has 0 radical (unpaired) electrons. The number of aromatic amines is 6. The molecule has 28 heteroatoms. The lowest BCUT2D eigenvalue weighted by atomic mass is 9.74. The molecule has 0 aliphatic carbocycles. The molecular weight excluding hydrogens is 1430 g/mol. The SMILES string of the molecule is CCCCC1(c2cnn(C)c2)N[C@@H](c2nc(-c3ccc(F)cc3)n[nH]2)Cc2c1[nH]c1cc(F)ccc21.Cc1nc(C2(c3cnn(C)c3)N[C@@H](c3nc(-c4ccc(F)cc4)n[nH]3)Cc3c2[nH]c2cc(Cl)ccc32)no1.Fc1ccc(-c2n[nH]c([C@H]3Cc4c([nH]c5ccccc45)C(c4ccccc4)(c4cccnc4)N3)n2)cc1. The first-order chi connectivity index (χ1) is 54.1. The van der Waals surface area contributed by atoms with E-state index in [-0.39, 0.29) is 41.4 Å². The third kappa shape index (κ3) is 12.6. The molecular formula is C83H71ClF4N22O. The van der Waals surface area contributed by atoms with Gasteiger partial charge in [0.15, 0.2) is 23.0 Å². The number of rotatable bonds is 14. The van der Waals surface area contributed by atoms with E-state index in [1.165, 1.54) is 53.4 Å². The summed E-state index contributed by atoms with van der Waals surface area (Å²) in [5, 5.41) is 51.4. The molecule has 10 aromatic heterocycles. The quantitative estimate of drug-likeness (QED) is 0.0457. The van der Waals surface area contributed by atoms with Crippen molar-refractivity contribution in [3.05, 3.63) is 327 Å². The average molecular weight is 1500 g/mol. The van der Waals surface area contributed by atoms with Gasteiger partial charge < -0.3 is 19.5 Å². The summed E-state index contributed by atoms with van der Waals surface area (Å²) in [7, 11) is 3.76. The van der Waals surface area contributed by atoms with Crippen LogP contribution in [0.2, 0.25) is 5.02 Å². The topological polar surface area (TPSA) is 296 Å². The number of para-hydroxylation sites is 1. The number of benzene rings is 7. The fraction of sp³-hybridized carbons (Fsp3) is 0.193. The maximum absolute atomic E-state index is 14.2. The van der Waals surface area contributed by atoms with Crippen LogP contribution in [-0.2, 0) is 50.0 Å². The van der Waals surface area contributed by atoms with E-state index in [2.05, 4.69) is 148 Å². The normalized spacial score (nSPS) is 19.3. The van der Waals surface area contributed by atoms with Crippen LogP contribution >= 0.6 is 11.6 Å². The van der Waals surface area contributed by atoms with E-state index in [4.69, 9.17) is 31.1 Å². The number of hydrogen-bond donors (Lipinski definition) is 9. The molecule has 3 aliphatic heterocycles. The highest BCUT2D eigenvalue weighted by Crippen LogP contribution is 2.50. The Morgan fingerprint density at radius 2 is 0.964 bits per heavy atom. The van der Waals surface area contributed by atoms with Crippen LogP contribution in [0.4, 0.5) is 17.6 Å². The molecule has 3 unspecified atom stereocenters. The fourth-order valence-corrected chi connectivity index (χ4v) is 16.4. The fourth-order valence-electron chi connectivity index (χ4n) is 16.2. The Hall–Kier alpha value is -12.8. The molecule has 9 N–H and O–H groups in total. The van der Waals surface area contributed by atoms with Gasteiger partial charge in [0.2, 0.25) is 11.7 Å². The van der Waals surface area contributed by atoms with Crippen molar-refractivity contribution in [3.63, 3.8) is 0 Å². The Kier molecular flexibility index (Phi) is 17.8. The summed E-state index contributed by atoms with van der Waals surface area (Å²) in [6.07, 6.45) is 16.1. The van der Waals surface area contributed by atoms with Gasteiger partial charge in [-0.2, -0.15) is 30.5 Å². The van der Waals surface area contributed by atoms with E-state index in [1.54, 1.807) is 71.1 Å². The summed E-state index contributed by atoms with van der Waals surface area (Å²) in [5.74, 6) is 3.25. The molecule has 554 valence electrons. The highest BCUT2D eigenvalue weighted by molar-refractivity contribution is 6.31. The van der Waals surface area contributed by atoms with Crippen molar-refractivity contribution >= 4 is 44.3 Å². The average Bonchev–Trinajstić information content (AvgIpc) is 1.64. The zero-order chi connectivity index (χ0) is 75.7. The number of pyridine rings is 1. The van der Waals surface area contributed by atoms with Gasteiger partial charge >= 0.3 is 0 Å². The van der Waals surface area contributed by atoms with Crippen molar-refractivity contribution in [2.75, 3.05) is 0 Å². The summed E-state index contributed by atoms with van der Waals surface area (Å²) in [6, 6.07) is 51.4. The van der Waals surface area contributed by atoms with E-state index in [1.807, 2.05) is 75.3 Å². The van der Waals surface area contributed by atoms with Crippen LogP contribution in [0.15, 0.2) is 218 Å². The Labute approximate surface area is 636 Å². The van der Waals surface area contributed by atoms with Gasteiger partial charge in [0.05, 0.1) is 41.8 Å². The first-order valence-corrected chi connectivity index (χ1v) is 36.8. The smallest absolute Gasteiger partial charge is 0.223 e. The van der Waals surface area contributed by atoms with Crippen LogP contribution in [0.3, 0.4) is 0 Å². The molecule has 0 amide bonds. The molecule has 111 heavy (non-hydrogen) atoms. The highest BCUT2D eigenvalue weighted by atomic mass is 35.5. The van der Waals surface area contributed by atoms with Crippen LogP contribution in [-0.4, -0.2) is 95.2 Å². The summed E-state index contributed by atoms with van der Waals surface area (Å²) >= 11 is 6.35. The van der Waals surface area contributed by atoms with Crippen molar-refractivity contribution in [2.45, 2.75) is 87.1 Å². The Balaban J connectivity index is 0.000000117. The zero-order valence-corrected chi connectivity index (χ0v) is 61.0. The van der Waals surface area contributed by atoms with Gasteiger partial charge in [-0.05, 0) is 163 Å². The van der Waals surface area contributed by atoms with Crippen LogP contribution in [0.1, 0.15) is 130 Å². The van der Waals surface area contributed by atoms with E-state index in [0.29, 0.717) is 70.7 Å². The molecule has 6 atom stereocenters. The van der Waals surface area contributed by atoms with E-state index < -0.39 is 16.6 Å². The van der Waals surface area contributed by atoms with Gasteiger partial charge in [-0.25, -0.2) is 32.5 Å². The van der Waals surface area contributed by atoms with Crippen molar-refractivity contribution in [3.8, 4) is 34.2 Å². The lowest BCUT2D eigenvalue weighted by molar-refractivity contribution is 0.279. The summed E-state index contributed by atoms with van der Waals surface area (Å²) in [4.78, 5) is 34.4. The number of fused-ring (bicyclic) bond motifs is 9. The standard InChI is InChI=1S/C30H23FN6.C27H27F2N7.C26H21ClFN9O/c31-22-14-12-19(13-15-22)28-34-29(37-36-28)26-17-24-23-10-4-5-11-25(23)33-27(24)30(35-26,20-7-2-1-3-8-20)21-9-6-16-32-18-21;1-3-4-11-27(17-14-30-36(2)15-17)24-21(20-10-9-19(29)12-22(20)31-24)13-23(33-27)26-32-25(34-35-26)16-5-7-18(28)8-6-16;1-13-30-25(36-38-13)26(15-11-29-37(2)12-15)22-19(18-8-5-16(27)9-20(18)31-22)10-21(33-26)24-32-23(34-35-24)14-3-6-17(28)7-4-14/h1-16,18,26,33,35H,17H2,(H,34,36,37);5-10,12,14-15,23,31,33H,3-4,11,13H2,1-2H3,(H,32,34,35);3-9,11-12,21,31,33H,10H2,1-2H3,(H,32,34,35)/t26-,30?;23-,27?;21-,26?/m111/s1. The largest absolute Gasteiger partial charge is 0.356 e. The van der Waals surface area contributed by atoms with Crippen LogP contribution < -0.4 is 16.0 Å². The van der Waals surface area contributed by atoms with Crippen molar-refractivity contribution < 1.29 is 22.1 Å². The molecule has 0 bridgehead atoms. The Morgan fingerprint density at radius 1 is 0.477 bits per heavy atom. The Morgan fingerprint density at radius 3 is 1.51 bits per heavy atom. The van der Waals surface area contributed by atoms with Gasteiger partial charge in [-0.3, -0.25) is 45.6 Å². The summed E-state index contributed by atoms with van der Waals surface area (Å²) in [5.41, 5.74) is 13.1. The third-order valence-corrected chi connectivity index (χ3v) is 21.6. The number of unbranched alkanes of at least 4 members (excludes halogenated alkanes) is 1. The van der Waals surface area contributed by atoms with Crippen molar-refractivity contribution in [1.29, 1.82) is 0 Å².